The summed E-state index contributed by atoms with van der Waals surface area (Å²) in [6.45, 7) is 11.3. The molecule has 0 unspecified atom stereocenters. The van der Waals surface area contributed by atoms with E-state index in [9.17, 15) is 9.59 Å². The summed E-state index contributed by atoms with van der Waals surface area (Å²) in [6.07, 6.45) is 0.0317. The first-order chi connectivity index (χ1) is 11.0. The molecule has 0 saturated carbocycles. The summed E-state index contributed by atoms with van der Waals surface area (Å²) in [5.41, 5.74) is 9.58. The number of guanidine groups is 1. The number of aryl methyl sites for hydroxylation is 3. The minimum absolute atomic E-state index is 0.258. The van der Waals surface area contributed by atoms with Gasteiger partial charge in [0.25, 0.3) is 0 Å². The normalized spacial score (nSPS) is 12.0. The molecule has 0 atom stereocenters. The van der Waals surface area contributed by atoms with E-state index in [0.29, 0.717) is 6.42 Å². The van der Waals surface area contributed by atoms with Gasteiger partial charge in [-0.05, 0) is 64.7 Å². The van der Waals surface area contributed by atoms with Gasteiger partial charge in [-0.2, -0.15) is 0 Å². The van der Waals surface area contributed by atoms with Crippen LogP contribution in [0.5, 0.6) is 0 Å². The molecule has 3 N–H and O–H groups in total. The lowest BCUT2D eigenvalue weighted by Crippen LogP contribution is -2.38. The van der Waals surface area contributed by atoms with Crippen molar-refractivity contribution in [3.8, 4) is 0 Å². The molecule has 2 amide bonds. The largest absolute Gasteiger partial charge is 0.442 e. The summed E-state index contributed by atoms with van der Waals surface area (Å²) >= 11 is 0. The van der Waals surface area contributed by atoms with Gasteiger partial charge in [-0.1, -0.05) is 17.7 Å². The van der Waals surface area contributed by atoms with Crippen molar-refractivity contribution in [3.05, 3.63) is 34.4 Å². The van der Waals surface area contributed by atoms with Crippen LogP contribution in [0.3, 0.4) is 0 Å². The number of amides is 2. The maximum absolute atomic E-state index is 12.0. The van der Waals surface area contributed by atoms with Crippen molar-refractivity contribution in [2.24, 2.45) is 10.7 Å². The molecular formula is C18H27N3O3. The van der Waals surface area contributed by atoms with E-state index in [0.717, 1.165) is 16.7 Å². The summed E-state index contributed by atoms with van der Waals surface area (Å²) in [5.74, 6) is -0.550. The second-order valence-electron chi connectivity index (χ2n) is 6.90. The molecule has 6 heteroatoms. The second-order valence-corrected chi connectivity index (χ2v) is 6.90. The maximum atomic E-state index is 12.0. The lowest BCUT2D eigenvalue weighted by molar-refractivity contribution is -0.119. The molecule has 132 valence electrons. The van der Waals surface area contributed by atoms with E-state index in [2.05, 4.69) is 22.4 Å². The van der Waals surface area contributed by atoms with Crippen LogP contribution in [0.1, 0.15) is 49.4 Å². The molecule has 0 aliphatic heterocycles. The lowest BCUT2D eigenvalue weighted by atomic mass is 9.96. The highest BCUT2D eigenvalue weighted by Crippen LogP contribution is 2.18. The molecule has 0 radical (unpaired) electrons. The van der Waals surface area contributed by atoms with E-state index >= 15 is 0 Å². The molecule has 0 aliphatic rings. The molecule has 0 heterocycles. The van der Waals surface area contributed by atoms with Crippen molar-refractivity contribution < 1.29 is 14.3 Å². The van der Waals surface area contributed by atoms with Crippen LogP contribution in [-0.4, -0.2) is 23.6 Å². The third-order valence-electron chi connectivity index (χ3n) is 3.32. The van der Waals surface area contributed by atoms with Gasteiger partial charge in [0, 0.05) is 6.42 Å². The molecule has 1 rings (SSSR count). The van der Waals surface area contributed by atoms with Crippen LogP contribution in [0.15, 0.2) is 17.1 Å². The zero-order valence-electron chi connectivity index (χ0n) is 15.3. The molecule has 1 aromatic carbocycles. The van der Waals surface area contributed by atoms with Crippen LogP contribution in [0.2, 0.25) is 0 Å². The third-order valence-corrected chi connectivity index (χ3v) is 3.32. The van der Waals surface area contributed by atoms with Crippen molar-refractivity contribution in [1.82, 2.24) is 5.32 Å². The second kappa shape index (κ2) is 7.95. The summed E-state index contributed by atoms with van der Waals surface area (Å²) < 4.78 is 5.00. The predicted octanol–water partition coefficient (Wildman–Crippen LogP) is 2.91. The number of hydrogen-bond acceptors (Lipinski definition) is 3. The number of aliphatic imine (C=N–C) groups is 1. The fourth-order valence-corrected chi connectivity index (χ4v) is 2.46. The molecule has 0 saturated heterocycles. The van der Waals surface area contributed by atoms with Gasteiger partial charge in [0.1, 0.15) is 5.60 Å². The summed E-state index contributed by atoms with van der Waals surface area (Å²) in [4.78, 5) is 27.0. The average Bonchev–Trinajstić information content (AvgIpc) is 2.34. The highest BCUT2D eigenvalue weighted by molar-refractivity contribution is 6.00. The lowest BCUT2D eigenvalue weighted by Gasteiger charge is -2.17. The summed E-state index contributed by atoms with van der Waals surface area (Å²) in [6, 6.07) is 4.19. The Labute approximate surface area is 143 Å². The summed E-state index contributed by atoms with van der Waals surface area (Å²) in [7, 11) is 0. The van der Waals surface area contributed by atoms with Gasteiger partial charge < -0.3 is 10.5 Å². The molecule has 24 heavy (non-hydrogen) atoms. The Morgan fingerprint density at radius 1 is 1.17 bits per heavy atom. The molecule has 0 bridgehead atoms. The zero-order chi connectivity index (χ0) is 18.5. The van der Waals surface area contributed by atoms with Gasteiger partial charge in [-0.15, -0.1) is 4.99 Å². The number of hydrogen-bond donors (Lipinski definition) is 2. The van der Waals surface area contributed by atoms with E-state index in [1.165, 1.54) is 5.56 Å². The quantitative estimate of drug-likeness (QED) is 0.657. The minimum atomic E-state index is -0.828. The van der Waals surface area contributed by atoms with Gasteiger partial charge in [0.15, 0.2) is 0 Å². The Bertz CT molecular complexity index is 635. The van der Waals surface area contributed by atoms with E-state index in [4.69, 9.17) is 10.5 Å². The van der Waals surface area contributed by atoms with E-state index in [-0.39, 0.29) is 18.3 Å². The Kier molecular flexibility index (Phi) is 6.51. The highest BCUT2D eigenvalue weighted by atomic mass is 16.6. The van der Waals surface area contributed by atoms with Gasteiger partial charge in [-0.25, -0.2) is 4.79 Å². The third kappa shape index (κ3) is 6.81. The van der Waals surface area contributed by atoms with Gasteiger partial charge in [0.05, 0.1) is 0 Å². The number of benzene rings is 1. The fraction of sp³-hybridized carbons (Fsp3) is 0.500. The smallest absolute Gasteiger partial charge is 0.437 e. The molecule has 0 aromatic heterocycles. The Morgan fingerprint density at radius 2 is 1.71 bits per heavy atom. The molecule has 1 aromatic rings. The van der Waals surface area contributed by atoms with Crippen molar-refractivity contribution in [2.45, 2.75) is 60.0 Å². The number of carbonyl (C=O) groups excluding carboxylic acids is 2. The standard InChI is InChI=1S/C18H27N3O3/c1-11-9-12(2)14(13(3)10-11)7-8-15(22)20-16(19)21-17(23)24-18(4,5)6/h9-10H,7-8H2,1-6H3,(H3,19,20,21,22,23). The average molecular weight is 333 g/mol. The number of ether oxygens (including phenoxy) is 1. The number of rotatable bonds is 3. The highest BCUT2D eigenvalue weighted by Gasteiger charge is 2.16. The monoisotopic (exact) mass is 333 g/mol. The van der Waals surface area contributed by atoms with Crippen LogP contribution in [0, 0.1) is 20.8 Å². The van der Waals surface area contributed by atoms with Crippen LogP contribution in [-0.2, 0) is 16.0 Å². The first-order valence-corrected chi connectivity index (χ1v) is 7.91. The van der Waals surface area contributed by atoms with Crippen LogP contribution >= 0.6 is 0 Å². The zero-order valence-corrected chi connectivity index (χ0v) is 15.3. The van der Waals surface area contributed by atoms with E-state index < -0.39 is 11.7 Å². The summed E-state index contributed by atoms with van der Waals surface area (Å²) in [5, 5.41) is 2.41. The number of nitrogens with one attached hydrogen (secondary N) is 1. The topological polar surface area (TPSA) is 93.8 Å². The SMILES string of the molecule is Cc1cc(C)c(CCC(=O)NC(N)=NC(=O)OC(C)(C)C)c(C)c1. The van der Waals surface area contributed by atoms with Crippen molar-refractivity contribution in [1.29, 1.82) is 0 Å². The van der Waals surface area contributed by atoms with Crippen LogP contribution in [0.4, 0.5) is 4.79 Å². The van der Waals surface area contributed by atoms with Gasteiger partial charge >= 0.3 is 6.09 Å². The number of nitrogens with zero attached hydrogens (tertiary/aromatic N) is 1. The molecule has 0 spiro atoms. The number of nitrogens with two attached hydrogens (primary N) is 1. The van der Waals surface area contributed by atoms with Crippen molar-refractivity contribution >= 4 is 18.0 Å². The minimum Gasteiger partial charge on any atom is -0.442 e. The molecule has 0 fully saturated rings. The number of carbonyl (C=O) groups is 2. The maximum Gasteiger partial charge on any atom is 0.437 e. The first-order valence-electron chi connectivity index (χ1n) is 7.91. The van der Waals surface area contributed by atoms with E-state index in [1.54, 1.807) is 20.8 Å². The van der Waals surface area contributed by atoms with E-state index in [1.807, 2.05) is 20.8 Å². The first kappa shape index (κ1) is 19.7. The molecule has 0 aliphatic carbocycles. The van der Waals surface area contributed by atoms with Crippen molar-refractivity contribution in [3.63, 3.8) is 0 Å². The van der Waals surface area contributed by atoms with Gasteiger partial charge in [-0.3, -0.25) is 10.1 Å². The van der Waals surface area contributed by atoms with Crippen molar-refractivity contribution in [2.75, 3.05) is 0 Å². The Balaban J connectivity index is 2.59. The van der Waals surface area contributed by atoms with Gasteiger partial charge in [0.2, 0.25) is 11.9 Å². The van der Waals surface area contributed by atoms with Crippen LogP contribution < -0.4 is 11.1 Å². The molecule has 6 nitrogen and oxygen atoms in total. The molecular weight excluding hydrogens is 306 g/mol. The van der Waals surface area contributed by atoms with Crippen LogP contribution in [0.25, 0.3) is 0 Å². The predicted molar refractivity (Wildman–Crippen MR) is 95.0 cm³/mol. The Morgan fingerprint density at radius 3 is 2.21 bits per heavy atom. The fourth-order valence-electron chi connectivity index (χ4n) is 2.46. The Hall–Kier alpha value is -2.37.